The highest BCUT2D eigenvalue weighted by atomic mass is 32.2. The van der Waals surface area contributed by atoms with Gasteiger partial charge in [0.15, 0.2) is 5.69 Å². The van der Waals surface area contributed by atoms with Crippen molar-refractivity contribution >= 4 is 82.6 Å². The SMILES string of the molecule is C[N+]1=C(C=C2C=C(C=C3N(CCS(=O)(=O)O)c4cc5c(cc4[N+]3(C)C)oc3ccccc35)CC(C)(C)C2)[N+](C)(C)c2cc3oc4ccccc4c3cc21. The van der Waals surface area contributed by atoms with Crippen LogP contribution in [-0.2, 0) is 10.1 Å². The van der Waals surface area contributed by atoms with Gasteiger partial charge < -0.3 is 8.83 Å². The number of quaternary nitrogens is 2. The summed E-state index contributed by atoms with van der Waals surface area (Å²) in [6.45, 7) is 4.73. The molecule has 0 amide bonds. The lowest BCUT2D eigenvalue weighted by Gasteiger charge is -2.32. The monoisotopic (exact) mass is 729 g/mol. The van der Waals surface area contributed by atoms with Crippen LogP contribution in [0.1, 0.15) is 26.7 Å². The zero-order valence-corrected chi connectivity index (χ0v) is 32.1. The Bertz CT molecular complexity index is 2810. The quantitative estimate of drug-likeness (QED) is 0.108. The van der Waals surface area contributed by atoms with E-state index in [1.807, 2.05) is 36.4 Å². The number of amidine groups is 1. The second-order valence-electron chi connectivity index (χ2n) is 16.6. The Hall–Kier alpha value is -5.00. The number of furan rings is 2. The Morgan fingerprint density at radius 2 is 1.40 bits per heavy atom. The number of allylic oxidation sites excluding steroid dienone is 4. The van der Waals surface area contributed by atoms with Gasteiger partial charge >= 0.3 is 5.84 Å². The highest BCUT2D eigenvalue weighted by molar-refractivity contribution is 7.85. The molecular formula is C43H45N4O5S+3. The highest BCUT2D eigenvalue weighted by Gasteiger charge is 2.47. The van der Waals surface area contributed by atoms with Crippen LogP contribution in [0.5, 0.6) is 0 Å². The van der Waals surface area contributed by atoms with Crippen molar-refractivity contribution in [3.63, 3.8) is 0 Å². The largest absolute Gasteiger partial charge is 0.456 e. The lowest BCUT2D eigenvalue weighted by Crippen LogP contribution is -2.45. The van der Waals surface area contributed by atoms with E-state index >= 15 is 0 Å². The van der Waals surface area contributed by atoms with Crippen molar-refractivity contribution in [3.8, 4) is 0 Å². The summed E-state index contributed by atoms with van der Waals surface area (Å²) in [5, 5.41) is 4.22. The van der Waals surface area contributed by atoms with Crippen LogP contribution in [0, 0.1) is 5.41 Å². The van der Waals surface area contributed by atoms with Crippen molar-refractivity contribution in [1.29, 1.82) is 0 Å². The second kappa shape index (κ2) is 11.3. The standard InChI is InChI=1S/C43H44N4O5S/c1-43(2)25-27(19-41-44(3)33-21-31-29-12-8-10-14-37(29)51-39(31)23-35(33)46(41,4)5)18-28(26-43)20-42-45(16-17-53(48,49)50)34-22-32-30-13-9-11-15-38(30)52-40(32)24-36(34)47(42,6)7/h8-15,18-24H,16-17,25-26H2,1-7H3/q+2/p+1. The van der Waals surface area contributed by atoms with Gasteiger partial charge in [0.1, 0.15) is 35.1 Å². The van der Waals surface area contributed by atoms with Gasteiger partial charge in [0, 0.05) is 46.3 Å². The van der Waals surface area contributed by atoms with Crippen molar-refractivity contribution < 1.29 is 26.4 Å². The van der Waals surface area contributed by atoms with Gasteiger partial charge in [-0.1, -0.05) is 56.3 Å². The van der Waals surface area contributed by atoms with E-state index in [1.165, 1.54) is 22.7 Å². The molecule has 4 aromatic carbocycles. The predicted octanol–water partition coefficient (Wildman–Crippen LogP) is 9.23. The highest BCUT2D eigenvalue weighted by Crippen LogP contribution is 2.50. The summed E-state index contributed by atoms with van der Waals surface area (Å²) in [7, 11) is 6.64. The third-order valence-electron chi connectivity index (χ3n) is 11.5. The first-order valence-corrected chi connectivity index (χ1v) is 19.7. The first-order chi connectivity index (χ1) is 25.0. The van der Waals surface area contributed by atoms with Gasteiger partial charge in [-0.25, -0.2) is 8.97 Å². The first kappa shape index (κ1) is 33.8. The van der Waals surface area contributed by atoms with E-state index < -0.39 is 10.1 Å². The molecule has 2 aromatic heterocycles. The van der Waals surface area contributed by atoms with E-state index in [9.17, 15) is 13.0 Å². The summed E-state index contributed by atoms with van der Waals surface area (Å²) in [4.78, 5) is 2.06. The van der Waals surface area contributed by atoms with Crippen molar-refractivity contribution in [1.82, 2.24) is 8.97 Å². The third-order valence-corrected chi connectivity index (χ3v) is 12.2. The Morgan fingerprint density at radius 3 is 2.04 bits per heavy atom. The molecule has 0 bridgehead atoms. The Morgan fingerprint density at radius 1 is 0.792 bits per heavy atom. The fourth-order valence-electron chi connectivity index (χ4n) is 9.01. The second-order valence-corrected chi connectivity index (χ2v) is 18.2. The molecule has 3 aliphatic rings. The molecule has 1 aliphatic carbocycles. The van der Waals surface area contributed by atoms with E-state index in [1.54, 1.807) is 0 Å². The first-order valence-electron chi connectivity index (χ1n) is 18.1. The van der Waals surface area contributed by atoms with Crippen molar-refractivity contribution in [2.45, 2.75) is 26.7 Å². The Balaban J connectivity index is 1.15. The maximum Gasteiger partial charge on any atom is 0.374 e. The van der Waals surface area contributed by atoms with Crippen molar-refractivity contribution in [2.24, 2.45) is 5.41 Å². The van der Waals surface area contributed by atoms with E-state index in [2.05, 4.69) is 113 Å². The zero-order chi connectivity index (χ0) is 37.2. The normalized spacial score (nSPS) is 20.8. The minimum absolute atomic E-state index is 0.0198. The van der Waals surface area contributed by atoms with E-state index in [-0.39, 0.29) is 17.7 Å². The van der Waals surface area contributed by atoms with E-state index in [0.717, 1.165) is 79.6 Å². The lowest BCUT2D eigenvalue weighted by atomic mass is 9.75. The molecule has 0 radical (unpaired) electrons. The number of nitrogens with zero attached hydrogens (tertiary/aromatic N) is 4. The van der Waals surface area contributed by atoms with Crippen LogP contribution in [0.25, 0.3) is 43.9 Å². The lowest BCUT2D eigenvalue weighted by molar-refractivity contribution is -0.401. The number of para-hydroxylation sites is 2. The molecule has 4 heterocycles. The zero-order valence-electron chi connectivity index (χ0n) is 31.3. The number of likely N-dealkylation sites (N-methyl/N-ethyl adjacent to an activating group) is 1. The molecule has 270 valence electrons. The van der Waals surface area contributed by atoms with Crippen LogP contribution in [0.4, 0.5) is 22.7 Å². The molecular weight excluding hydrogens is 685 g/mol. The van der Waals surface area contributed by atoms with Gasteiger partial charge in [0.25, 0.3) is 15.8 Å². The van der Waals surface area contributed by atoms with Crippen LogP contribution in [0.15, 0.2) is 117 Å². The molecule has 9 nitrogen and oxygen atoms in total. The maximum atomic E-state index is 12.1. The number of hydrogen-bond donors (Lipinski definition) is 1. The van der Waals surface area contributed by atoms with Crippen LogP contribution >= 0.6 is 0 Å². The average molecular weight is 730 g/mol. The topological polar surface area (TPSA) is 86.9 Å². The van der Waals surface area contributed by atoms with Gasteiger partial charge in [0.2, 0.25) is 11.5 Å². The predicted molar refractivity (Wildman–Crippen MR) is 217 cm³/mol. The van der Waals surface area contributed by atoms with Gasteiger partial charge in [-0.2, -0.15) is 8.42 Å². The smallest absolute Gasteiger partial charge is 0.374 e. The van der Waals surface area contributed by atoms with Crippen LogP contribution < -0.4 is 13.9 Å². The van der Waals surface area contributed by atoms with Gasteiger partial charge in [-0.05, 0) is 47.6 Å². The third kappa shape index (κ3) is 5.38. The number of fused-ring (bicyclic) bond motifs is 8. The molecule has 0 saturated carbocycles. The molecule has 0 saturated heterocycles. The van der Waals surface area contributed by atoms with Crippen LogP contribution in [0.3, 0.4) is 0 Å². The van der Waals surface area contributed by atoms with Gasteiger partial charge in [-0.3, -0.25) is 9.45 Å². The fraction of sp³-hybridized carbons (Fsp3) is 0.279. The molecule has 2 aliphatic heterocycles. The number of hydrogen-bond acceptors (Lipinski definition) is 5. The Labute approximate surface area is 309 Å². The van der Waals surface area contributed by atoms with Gasteiger partial charge in [-0.15, -0.1) is 4.58 Å². The summed E-state index contributed by atoms with van der Waals surface area (Å²) < 4.78 is 50.0. The minimum atomic E-state index is -4.21. The molecule has 0 unspecified atom stereocenters. The molecule has 6 aromatic rings. The fourth-order valence-corrected chi connectivity index (χ4v) is 9.43. The molecule has 0 atom stereocenters. The van der Waals surface area contributed by atoms with Crippen LogP contribution in [-0.4, -0.2) is 70.9 Å². The number of rotatable bonds is 5. The molecule has 1 N–H and O–H groups in total. The Kier molecular flexibility index (Phi) is 7.18. The van der Waals surface area contributed by atoms with Crippen molar-refractivity contribution in [2.75, 3.05) is 52.4 Å². The summed E-state index contributed by atoms with van der Waals surface area (Å²) in [5.41, 5.74) is 10.0. The average Bonchev–Trinajstić information content (AvgIpc) is 3.75. The maximum absolute atomic E-state index is 12.1. The molecule has 0 spiro atoms. The summed E-state index contributed by atoms with van der Waals surface area (Å²) >= 11 is 0. The molecule has 10 heteroatoms. The molecule has 9 rings (SSSR count). The summed E-state index contributed by atoms with van der Waals surface area (Å²) in [6, 6.07) is 24.8. The summed E-state index contributed by atoms with van der Waals surface area (Å²) in [5.74, 6) is 1.72. The van der Waals surface area contributed by atoms with Crippen molar-refractivity contribution in [3.05, 3.63) is 108 Å². The van der Waals surface area contributed by atoms with E-state index in [4.69, 9.17) is 8.83 Å². The molecule has 0 fully saturated rings. The van der Waals surface area contributed by atoms with Crippen LogP contribution in [0.2, 0.25) is 0 Å². The number of benzene rings is 4. The summed E-state index contributed by atoms with van der Waals surface area (Å²) in [6.07, 6.45) is 8.66. The molecule has 53 heavy (non-hydrogen) atoms. The van der Waals surface area contributed by atoms with E-state index in [0.29, 0.717) is 8.97 Å². The number of anilines is 1. The minimum Gasteiger partial charge on any atom is -0.456 e. The van der Waals surface area contributed by atoms with Gasteiger partial charge in [0.05, 0.1) is 46.1 Å².